The van der Waals surface area contributed by atoms with Crippen molar-refractivity contribution in [3.05, 3.63) is 76.7 Å². The number of imidazole rings is 1. The molecule has 0 saturated heterocycles. The smallest absolute Gasteiger partial charge is 0.214 e. The van der Waals surface area contributed by atoms with Crippen LogP contribution in [0.25, 0.3) is 33.3 Å². The highest BCUT2D eigenvalue weighted by Crippen LogP contribution is 2.35. The van der Waals surface area contributed by atoms with Crippen LogP contribution in [0.3, 0.4) is 0 Å². The summed E-state index contributed by atoms with van der Waals surface area (Å²) in [6, 6.07) is 17.6. The summed E-state index contributed by atoms with van der Waals surface area (Å²) in [4.78, 5) is 8.27. The minimum atomic E-state index is 0.621. The Morgan fingerprint density at radius 3 is 2.65 bits per heavy atom. The van der Waals surface area contributed by atoms with Gasteiger partial charge in [-0.1, -0.05) is 36.2 Å². The number of aromatic nitrogens is 2. The predicted molar refractivity (Wildman–Crippen MR) is 127 cm³/mol. The Labute approximate surface area is 187 Å². The van der Waals surface area contributed by atoms with Crippen molar-refractivity contribution in [1.82, 2.24) is 9.38 Å². The second-order valence-electron chi connectivity index (χ2n) is 7.54. The second kappa shape index (κ2) is 9.72. The minimum absolute atomic E-state index is 0.621. The second-order valence-corrected chi connectivity index (χ2v) is 7.94. The van der Waals surface area contributed by atoms with E-state index in [4.69, 9.17) is 27.6 Å². The van der Waals surface area contributed by atoms with Crippen molar-refractivity contribution in [2.45, 2.75) is 32.6 Å². The van der Waals surface area contributed by atoms with E-state index in [0.717, 1.165) is 66.4 Å². The number of unbranched alkanes of at least 4 members (excludes halogenated alkanes) is 3. The number of rotatable bonds is 9. The van der Waals surface area contributed by atoms with Gasteiger partial charge >= 0.3 is 0 Å². The van der Waals surface area contributed by atoms with Gasteiger partial charge in [0.25, 0.3) is 0 Å². The van der Waals surface area contributed by atoms with Crippen molar-refractivity contribution >= 4 is 23.1 Å². The summed E-state index contributed by atoms with van der Waals surface area (Å²) in [5, 5.41) is 4.24. The van der Waals surface area contributed by atoms with Crippen molar-refractivity contribution in [2.24, 2.45) is 0 Å². The van der Waals surface area contributed by atoms with Crippen molar-refractivity contribution < 1.29 is 4.42 Å². The molecule has 0 radical (unpaired) electrons. The number of halogens is 1. The Balaban J connectivity index is 1.61. The maximum absolute atomic E-state index is 6.87. The molecule has 3 aromatic heterocycles. The van der Waals surface area contributed by atoms with E-state index in [1.165, 1.54) is 0 Å². The summed E-state index contributed by atoms with van der Waals surface area (Å²) in [5.41, 5.74) is 3.64. The van der Waals surface area contributed by atoms with Crippen molar-refractivity contribution in [2.75, 3.05) is 18.4 Å². The number of anilines is 1. The summed E-state index contributed by atoms with van der Waals surface area (Å²) in [6.45, 7) is 10.4. The third-order valence-corrected chi connectivity index (χ3v) is 5.64. The van der Waals surface area contributed by atoms with E-state index in [0.29, 0.717) is 17.3 Å². The number of hydrogen-bond donors (Lipinski definition) is 1. The first-order chi connectivity index (χ1) is 15.2. The lowest BCUT2D eigenvalue weighted by Crippen LogP contribution is -2.06. The summed E-state index contributed by atoms with van der Waals surface area (Å²) < 4.78 is 8.32. The van der Waals surface area contributed by atoms with Crippen LogP contribution in [0, 0.1) is 13.5 Å². The van der Waals surface area contributed by atoms with Gasteiger partial charge in [0.1, 0.15) is 22.9 Å². The van der Waals surface area contributed by atoms with Crippen LogP contribution >= 0.6 is 11.6 Å². The summed E-state index contributed by atoms with van der Waals surface area (Å²) in [6.07, 6.45) is 4.20. The van der Waals surface area contributed by atoms with Crippen LogP contribution in [0.2, 0.25) is 5.02 Å². The topological polar surface area (TPSA) is 46.8 Å². The van der Waals surface area contributed by atoms with E-state index >= 15 is 0 Å². The van der Waals surface area contributed by atoms with Crippen LogP contribution in [0.15, 0.2) is 59.0 Å². The average molecular weight is 433 g/mol. The highest BCUT2D eigenvalue weighted by Gasteiger charge is 2.19. The molecule has 1 N–H and O–H groups in total. The van der Waals surface area contributed by atoms with Gasteiger partial charge in [0.05, 0.1) is 5.02 Å². The number of nitrogens with one attached hydrogen (secondary N) is 1. The van der Waals surface area contributed by atoms with E-state index < -0.39 is 0 Å². The molecule has 1 aromatic carbocycles. The van der Waals surface area contributed by atoms with Crippen LogP contribution in [0.4, 0.5) is 5.82 Å². The number of nitrogens with zero attached hydrogens (tertiary/aromatic N) is 3. The molecule has 4 aromatic rings. The van der Waals surface area contributed by atoms with Crippen LogP contribution in [-0.4, -0.2) is 22.5 Å². The van der Waals surface area contributed by atoms with Gasteiger partial charge < -0.3 is 14.6 Å². The summed E-state index contributed by atoms with van der Waals surface area (Å²) in [5.74, 6) is 2.37. The quantitative estimate of drug-likeness (QED) is 0.226. The lowest BCUT2D eigenvalue weighted by Gasteiger charge is -2.09. The molecule has 0 bridgehead atoms. The number of pyridine rings is 1. The van der Waals surface area contributed by atoms with Crippen LogP contribution in [-0.2, 0) is 0 Å². The molecule has 158 valence electrons. The van der Waals surface area contributed by atoms with Crippen LogP contribution in [0.5, 0.6) is 0 Å². The SMILES string of the molecule is [C-]#[N+]CCCCCCNc1c(-c2ccc(-c3ccccc3Cl)o2)nc2cccc(C)n12. The Bertz CT molecular complexity index is 1220. The first-order valence-corrected chi connectivity index (χ1v) is 11.0. The fourth-order valence-corrected chi connectivity index (χ4v) is 3.97. The molecular weight excluding hydrogens is 408 g/mol. The van der Waals surface area contributed by atoms with E-state index in [-0.39, 0.29) is 0 Å². The number of hydrogen-bond acceptors (Lipinski definition) is 3. The highest BCUT2D eigenvalue weighted by atomic mass is 35.5. The molecule has 31 heavy (non-hydrogen) atoms. The monoisotopic (exact) mass is 432 g/mol. The molecular formula is C25H25ClN4O. The molecule has 0 spiro atoms. The number of aryl methyl sites for hydroxylation is 1. The zero-order valence-electron chi connectivity index (χ0n) is 17.6. The number of fused-ring (bicyclic) bond motifs is 1. The van der Waals surface area contributed by atoms with E-state index in [1.807, 2.05) is 48.5 Å². The standard InChI is InChI=1S/C25H25ClN4O/c1-18-10-9-13-23-29-24(25(30(18)23)28-17-8-4-3-7-16-27-2)22-15-14-21(31-22)19-11-5-6-12-20(19)26/h5-6,9-15,28H,3-4,7-8,16-17H2,1H3. The van der Waals surface area contributed by atoms with Gasteiger partial charge in [-0.05, 0) is 56.2 Å². The van der Waals surface area contributed by atoms with Crippen molar-refractivity contribution in [3.63, 3.8) is 0 Å². The number of furan rings is 1. The molecule has 5 nitrogen and oxygen atoms in total. The molecule has 0 amide bonds. The Morgan fingerprint density at radius 1 is 1.00 bits per heavy atom. The highest BCUT2D eigenvalue weighted by molar-refractivity contribution is 6.33. The van der Waals surface area contributed by atoms with Crippen molar-refractivity contribution in [1.29, 1.82) is 0 Å². The molecule has 4 rings (SSSR count). The molecule has 0 aliphatic carbocycles. The van der Waals surface area contributed by atoms with Crippen LogP contribution in [0.1, 0.15) is 31.4 Å². The maximum atomic E-state index is 6.87. The zero-order valence-corrected chi connectivity index (χ0v) is 18.3. The molecule has 0 atom stereocenters. The zero-order chi connectivity index (χ0) is 21.6. The van der Waals surface area contributed by atoms with Gasteiger partial charge in [-0.3, -0.25) is 4.40 Å². The molecule has 3 heterocycles. The lowest BCUT2D eigenvalue weighted by atomic mass is 10.2. The molecule has 6 heteroatoms. The predicted octanol–water partition coefficient (Wildman–Crippen LogP) is 7.11. The van der Waals surface area contributed by atoms with E-state index in [1.54, 1.807) is 0 Å². The molecule has 0 aliphatic heterocycles. The van der Waals surface area contributed by atoms with Gasteiger partial charge in [-0.15, -0.1) is 0 Å². The Morgan fingerprint density at radius 2 is 1.81 bits per heavy atom. The van der Waals surface area contributed by atoms with Gasteiger partial charge in [-0.2, -0.15) is 0 Å². The van der Waals surface area contributed by atoms with Crippen molar-refractivity contribution in [3.8, 4) is 22.8 Å². The van der Waals surface area contributed by atoms with Gasteiger partial charge in [0, 0.05) is 24.2 Å². The first-order valence-electron chi connectivity index (χ1n) is 10.6. The van der Waals surface area contributed by atoms with Crippen LogP contribution < -0.4 is 5.32 Å². The third-order valence-electron chi connectivity index (χ3n) is 5.31. The first kappa shape index (κ1) is 21.0. The molecule has 0 aliphatic rings. The fraction of sp³-hybridized carbons (Fsp3) is 0.280. The molecule has 0 saturated carbocycles. The van der Waals surface area contributed by atoms with E-state index in [2.05, 4.69) is 27.6 Å². The van der Waals surface area contributed by atoms with E-state index in [9.17, 15) is 0 Å². The van der Waals surface area contributed by atoms with Gasteiger partial charge in [0.2, 0.25) is 6.54 Å². The number of benzene rings is 1. The summed E-state index contributed by atoms with van der Waals surface area (Å²) >= 11 is 6.35. The summed E-state index contributed by atoms with van der Waals surface area (Å²) in [7, 11) is 0. The van der Waals surface area contributed by atoms with Gasteiger partial charge in [0.15, 0.2) is 5.76 Å². The molecule has 0 unspecified atom stereocenters. The molecule has 0 fully saturated rings. The third kappa shape index (κ3) is 4.60. The average Bonchev–Trinajstić information content (AvgIpc) is 3.39. The van der Waals surface area contributed by atoms with Gasteiger partial charge in [-0.25, -0.2) is 11.6 Å². The fourth-order valence-electron chi connectivity index (χ4n) is 3.74. The Hall–Kier alpha value is -3.23. The lowest BCUT2D eigenvalue weighted by molar-refractivity contribution is 0.595. The Kier molecular flexibility index (Phi) is 6.59. The maximum Gasteiger partial charge on any atom is 0.214 e. The normalized spacial score (nSPS) is 11.0. The largest absolute Gasteiger partial charge is 0.454 e. The minimum Gasteiger partial charge on any atom is -0.454 e.